The van der Waals surface area contributed by atoms with Crippen LogP contribution in [0.4, 0.5) is 0 Å². The number of benzene rings is 1. The number of para-hydroxylation sites is 1. The summed E-state index contributed by atoms with van der Waals surface area (Å²) in [5, 5.41) is 1.23. The van der Waals surface area contributed by atoms with Gasteiger partial charge in [0.25, 0.3) is 0 Å². The van der Waals surface area contributed by atoms with Gasteiger partial charge in [-0.3, -0.25) is 0 Å². The predicted octanol–water partition coefficient (Wildman–Crippen LogP) is 3.41. The lowest BCUT2D eigenvalue weighted by molar-refractivity contribution is 1.32. The summed E-state index contributed by atoms with van der Waals surface area (Å²) in [6.45, 7) is 7.76. The van der Waals surface area contributed by atoms with Crippen molar-refractivity contribution in [3.63, 3.8) is 0 Å². The zero-order chi connectivity index (χ0) is 9.26. The van der Waals surface area contributed by atoms with Gasteiger partial charge in [-0.15, -0.1) is 0 Å². The lowest BCUT2D eigenvalue weighted by Crippen LogP contribution is -1.78. The van der Waals surface area contributed by atoms with Crippen LogP contribution in [0.15, 0.2) is 36.9 Å². The highest BCUT2D eigenvalue weighted by atomic mass is 14.7. The summed E-state index contributed by atoms with van der Waals surface area (Å²) in [7, 11) is 0. The number of aromatic nitrogens is 1. The van der Waals surface area contributed by atoms with Crippen LogP contribution < -0.4 is 0 Å². The molecule has 0 aliphatic heterocycles. The summed E-state index contributed by atoms with van der Waals surface area (Å²) in [5.74, 6) is 0. The number of allylic oxidation sites excluding steroid dienone is 1. The van der Waals surface area contributed by atoms with E-state index in [-0.39, 0.29) is 0 Å². The first-order valence-corrected chi connectivity index (χ1v) is 4.36. The number of fused-ring (bicyclic) bond motifs is 1. The van der Waals surface area contributed by atoms with E-state index in [9.17, 15) is 0 Å². The van der Waals surface area contributed by atoms with Crippen molar-refractivity contribution in [2.45, 2.75) is 6.42 Å². The second-order valence-electron chi connectivity index (χ2n) is 3.12. The monoisotopic (exact) mass is 170 g/mol. The molecular formula is C12H12N. The van der Waals surface area contributed by atoms with E-state index >= 15 is 0 Å². The van der Waals surface area contributed by atoms with Gasteiger partial charge in [0, 0.05) is 11.2 Å². The Kier molecular flexibility index (Phi) is 1.93. The molecule has 0 bridgehead atoms. The van der Waals surface area contributed by atoms with Gasteiger partial charge in [0.15, 0.2) is 0 Å². The number of hydrogen-bond acceptors (Lipinski definition) is 0. The molecule has 0 aliphatic carbocycles. The zero-order valence-corrected chi connectivity index (χ0v) is 7.51. The number of rotatable bonds is 2. The van der Waals surface area contributed by atoms with Crippen molar-refractivity contribution in [1.29, 1.82) is 0 Å². The third-order valence-electron chi connectivity index (χ3n) is 2.21. The van der Waals surface area contributed by atoms with Gasteiger partial charge in [-0.25, -0.2) is 0 Å². The largest absolute Gasteiger partial charge is 0.355 e. The highest BCUT2D eigenvalue weighted by Crippen LogP contribution is 2.20. The highest BCUT2D eigenvalue weighted by Gasteiger charge is 2.00. The Labute approximate surface area is 78.1 Å². The molecule has 0 unspecified atom stereocenters. The van der Waals surface area contributed by atoms with Crippen LogP contribution in [-0.2, 0) is 0 Å². The summed E-state index contributed by atoms with van der Waals surface area (Å²) in [6.07, 6.45) is 0.743. The van der Waals surface area contributed by atoms with Crippen molar-refractivity contribution in [1.82, 2.24) is 4.98 Å². The van der Waals surface area contributed by atoms with Crippen molar-refractivity contribution in [2.24, 2.45) is 0 Å². The third-order valence-corrected chi connectivity index (χ3v) is 2.21. The molecule has 2 rings (SSSR count). The second kappa shape index (κ2) is 3.09. The van der Waals surface area contributed by atoms with Crippen LogP contribution in [0.1, 0.15) is 12.1 Å². The van der Waals surface area contributed by atoms with Crippen LogP contribution in [0.2, 0.25) is 0 Å². The second-order valence-corrected chi connectivity index (χ2v) is 3.12. The Morgan fingerprint density at radius 2 is 2.08 bits per heavy atom. The van der Waals surface area contributed by atoms with Crippen molar-refractivity contribution in [2.75, 3.05) is 0 Å². The summed E-state index contributed by atoms with van der Waals surface area (Å²) in [4.78, 5) is 3.31. The molecule has 65 valence electrons. The van der Waals surface area contributed by atoms with Gasteiger partial charge in [-0.1, -0.05) is 24.8 Å². The Balaban J connectivity index is 2.56. The maximum absolute atomic E-state index is 3.94. The van der Waals surface area contributed by atoms with Gasteiger partial charge in [0.1, 0.15) is 0 Å². The van der Waals surface area contributed by atoms with Crippen molar-refractivity contribution in [3.05, 3.63) is 49.5 Å². The van der Waals surface area contributed by atoms with Crippen LogP contribution in [-0.4, -0.2) is 4.98 Å². The molecule has 0 saturated carbocycles. The molecule has 1 aromatic carbocycles. The lowest BCUT2D eigenvalue weighted by atomic mass is 10.1. The first-order chi connectivity index (χ1) is 6.31. The van der Waals surface area contributed by atoms with Crippen molar-refractivity contribution < 1.29 is 0 Å². The smallest absolute Gasteiger partial charge is 0.0458 e. The lowest BCUT2D eigenvalue weighted by Gasteiger charge is -1.95. The molecule has 0 aliphatic rings. The average Bonchev–Trinajstić information content (AvgIpc) is 2.59. The van der Waals surface area contributed by atoms with Crippen LogP contribution in [0, 0.1) is 6.92 Å². The van der Waals surface area contributed by atoms with Gasteiger partial charge >= 0.3 is 0 Å². The van der Waals surface area contributed by atoms with E-state index in [0.717, 1.165) is 23.2 Å². The van der Waals surface area contributed by atoms with E-state index < -0.39 is 0 Å². The van der Waals surface area contributed by atoms with Crippen LogP contribution in [0.25, 0.3) is 16.5 Å². The maximum Gasteiger partial charge on any atom is 0.0458 e. The average molecular weight is 170 g/mol. The fourth-order valence-electron chi connectivity index (χ4n) is 1.40. The molecule has 0 amide bonds. The number of hydrogen-bond donors (Lipinski definition) is 1. The Bertz CT molecular complexity index is 404. The fourth-order valence-corrected chi connectivity index (χ4v) is 1.40. The van der Waals surface area contributed by atoms with E-state index in [0.29, 0.717) is 0 Å². The first kappa shape index (κ1) is 8.11. The van der Waals surface area contributed by atoms with E-state index in [1.807, 2.05) is 12.1 Å². The number of H-pyrrole nitrogens is 1. The standard InChI is InChI=1S/C12H12N/c1-3-9(2)12-8-10-6-4-5-7-11(10)13-12/h4-8,13H,1-3H2. The first-order valence-electron chi connectivity index (χ1n) is 4.36. The minimum absolute atomic E-state index is 0.743. The Morgan fingerprint density at radius 3 is 2.77 bits per heavy atom. The van der Waals surface area contributed by atoms with Crippen molar-refractivity contribution >= 4 is 16.5 Å². The normalized spacial score (nSPS) is 10.5. The molecule has 1 heterocycles. The minimum atomic E-state index is 0.743. The predicted molar refractivity (Wildman–Crippen MR) is 57.3 cm³/mol. The molecular weight excluding hydrogens is 158 g/mol. The van der Waals surface area contributed by atoms with Gasteiger partial charge in [-0.05, 0) is 36.4 Å². The molecule has 13 heavy (non-hydrogen) atoms. The van der Waals surface area contributed by atoms with Gasteiger partial charge in [0.2, 0.25) is 0 Å². The van der Waals surface area contributed by atoms with Gasteiger partial charge in [0.05, 0.1) is 0 Å². The van der Waals surface area contributed by atoms with E-state index in [1.54, 1.807) is 0 Å². The molecule has 0 atom stereocenters. The van der Waals surface area contributed by atoms with Gasteiger partial charge in [-0.2, -0.15) is 0 Å². The van der Waals surface area contributed by atoms with Crippen LogP contribution in [0.5, 0.6) is 0 Å². The Morgan fingerprint density at radius 1 is 1.31 bits per heavy atom. The Hall–Kier alpha value is -1.50. The fraction of sp³-hybridized carbons (Fsp3) is 0.0833. The summed E-state index contributed by atoms with van der Waals surface area (Å²) < 4.78 is 0. The molecule has 0 saturated heterocycles. The van der Waals surface area contributed by atoms with E-state index in [4.69, 9.17) is 0 Å². The molecule has 0 spiro atoms. The number of nitrogens with one attached hydrogen (secondary N) is 1. The number of aromatic amines is 1. The van der Waals surface area contributed by atoms with Gasteiger partial charge < -0.3 is 4.98 Å². The SMILES string of the molecule is [CH2]CC(=C)c1cc2ccccc2[nH]1. The maximum atomic E-state index is 3.94. The molecule has 1 nitrogen and oxygen atoms in total. The molecule has 0 fully saturated rings. The summed E-state index contributed by atoms with van der Waals surface area (Å²) >= 11 is 0. The quantitative estimate of drug-likeness (QED) is 0.711. The summed E-state index contributed by atoms with van der Waals surface area (Å²) in [5.41, 5.74) is 3.31. The highest BCUT2D eigenvalue weighted by molar-refractivity contribution is 5.84. The third kappa shape index (κ3) is 1.37. The summed E-state index contributed by atoms with van der Waals surface area (Å²) in [6, 6.07) is 10.3. The molecule has 2 aromatic rings. The van der Waals surface area contributed by atoms with E-state index in [2.05, 4.69) is 36.7 Å². The van der Waals surface area contributed by atoms with Crippen LogP contribution >= 0.6 is 0 Å². The molecule has 1 N–H and O–H groups in total. The minimum Gasteiger partial charge on any atom is -0.355 e. The van der Waals surface area contributed by atoms with E-state index in [1.165, 1.54) is 5.39 Å². The van der Waals surface area contributed by atoms with Crippen molar-refractivity contribution in [3.8, 4) is 0 Å². The zero-order valence-electron chi connectivity index (χ0n) is 7.51. The molecule has 1 aromatic heterocycles. The molecule has 1 radical (unpaired) electrons. The molecule has 1 heteroatoms. The van der Waals surface area contributed by atoms with Crippen LogP contribution in [0.3, 0.4) is 0 Å². The topological polar surface area (TPSA) is 15.8 Å².